The number of fused-ring (bicyclic) bond motifs is 3. The van der Waals surface area contributed by atoms with Gasteiger partial charge in [0.15, 0.2) is 0 Å². The van der Waals surface area contributed by atoms with Crippen molar-refractivity contribution in [3.8, 4) is 0 Å². The number of nitrogens with one attached hydrogen (secondary N) is 2. The number of hydrogen-bond acceptors (Lipinski definition) is 3. The number of pyridine rings is 1. The zero-order chi connectivity index (χ0) is 14.9. The lowest BCUT2D eigenvalue weighted by Gasteiger charge is -2.05. The van der Waals surface area contributed by atoms with E-state index in [4.69, 9.17) is 5.73 Å². The van der Waals surface area contributed by atoms with Crippen molar-refractivity contribution in [3.05, 3.63) is 66.4 Å². The molecule has 108 valence electrons. The second-order valence-electron chi connectivity index (χ2n) is 5.38. The molecule has 0 amide bonds. The molecule has 2 aromatic carbocycles. The predicted octanol–water partition coefficient (Wildman–Crippen LogP) is 3.91. The fourth-order valence-electron chi connectivity index (χ4n) is 2.70. The molecule has 2 heterocycles. The average Bonchev–Trinajstić information content (AvgIpc) is 2.91. The van der Waals surface area contributed by atoms with Crippen LogP contribution in [0.5, 0.6) is 0 Å². The van der Waals surface area contributed by atoms with Crippen molar-refractivity contribution in [1.82, 2.24) is 9.97 Å². The van der Waals surface area contributed by atoms with Gasteiger partial charge < -0.3 is 16.0 Å². The largest absolute Gasteiger partial charge is 0.399 e. The molecule has 22 heavy (non-hydrogen) atoms. The van der Waals surface area contributed by atoms with Crippen molar-refractivity contribution in [1.29, 1.82) is 0 Å². The number of rotatable bonds is 3. The molecule has 0 radical (unpaired) electrons. The van der Waals surface area contributed by atoms with E-state index in [1.165, 1.54) is 5.56 Å². The zero-order valence-electron chi connectivity index (χ0n) is 12.0. The topological polar surface area (TPSA) is 66.7 Å². The Morgan fingerprint density at radius 2 is 1.77 bits per heavy atom. The molecular weight excluding hydrogens is 272 g/mol. The number of hydrogen-bond donors (Lipinski definition) is 3. The molecule has 4 aromatic rings. The van der Waals surface area contributed by atoms with E-state index in [0.717, 1.165) is 39.9 Å². The van der Waals surface area contributed by atoms with Crippen LogP contribution in [0, 0.1) is 0 Å². The monoisotopic (exact) mass is 288 g/mol. The number of nitrogen functional groups attached to an aromatic ring is 1. The number of H-pyrrole nitrogens is 1. The van der Waals surface area contributed by atoms with Gasteiger partial charge in [-0.25, -0.2) is 4.98 Å². The SMILES string of the molecule is Nc1ccc2[nH]c3cnc(NCc4ccccc4)cc3c2c1. The van der Waals surface area contributed by atoms with Crippen molar-refractivity contribution >= 4 is 33.3 Å². The van der Waals surface area contributed by atoms with Gasteiger partial charge in [0.25, 0.3) is 0 Å². The molecule has 4 N–H and O–H groups in total. The molecule has 0 saturated heterocycles. The molecule has 4 nitrogen and oxygen atoms in total. The molecule has 0 aliphatic rings. The van der Waals surface area contributed by atoms with Gasteiger partial charge >= 0.3 is 0 Å². The first kappa shape index (κ1) is 12.7. The van der Waals surface area contributed by atoms with E-state index in [2.05, 4.69) is 33.5 Å². The highest BCUT2D eigenvalue weighted by molar-refractivity contribution is 6.08. The van der Waals surface area contributed by atoms with E-state index >= 15 is 0 Å². The van der Waals surface area contributed by atoms with E-state index < -0.39 is 0 Å². The van der Waals surface area contributed by atoms with Gasteiger partial charge in [-0.3, -0.25) is 0 Å². The maximum Gasteiger partial charge on any atom is 0.126 e. The Balaban J connectivity index is 1.70. The van der Waals surface area contributed by atoms with Crippen molar-refractivity contribution < 1.29 is 0 Å². The molecule has 0 spiro atoms. The molecule has 0 fully saturated rings. The highest BCUT2D eigenvalue weighted by Gasteiger charge is 2.06. The first-order valence-electron chi connectivity index (χ1n) is 7.24. The van der Waals surface area contributed by atoms with Gasteiger partial charge in [-0.2, -0.15) is 0 Å². The highest BCUT2D eigenvalue weighted by Crippen LogP contribution is 2.28. The molecule has 0 atom stereocenters. The number of benzene rings is 2. The van der Waals surface area contributed by atoms with E-state index in [1.54, 1.807) is 0 Å². The van der Waals surface area contributed by atoms with Crippen LogP contribution < -0.4 is 11.1 Å². The van der Waals surface area contributed by atoms with E-state index in [9.17, 15) is 0 Å². The molecule has 2 aromatic heterocycles. The number of anilines is 2. The second kappa shape index (κ2) is 5.07. The summed E-state index contributed by atoms with van der Waals surface area (Å²) in [5.74, 6) is 0.861. The summed E-state index contributed by atoms with van der Waals surface area (Å²) in [5.41, 5.74) is 9.99. The summed E-state index contributed by atoms with van der Waals surface area (Å²) >= 11 is 0. The van der Waals surface area contributed by atoms with Gasteiger partial charge in [0, 0.05) is 28.5 Å². The third-order valence-corrected chi connectivity index (χ3v) is 3.82. The van der Waals surface area contributed by atoms with Gasteiger partial charge in [0.05, 0.1) is 11.7 Å². The minimum absolute atomic E-state index is 0.754. The summed E-state index contributed by atoms with van der Waals surface area (Å²) in [7, 11) is 0. The van der Waals surface area contributed by atoms with Crippen LogP contribution in [0.4, 0.5) is 11.5 Å². The summed E-state index contributed by atoms with van der Waals surface area (Å²) in [5, 5.41) is 5.62. The molecule has 0 aliphatic carbocycles. The first-order chi connectivity index (χ1) is 10.8. The van der Waals surface area contributed by atoms with E-state index in [-0.39, 0.29) is 0 Å². The molecular formula is C18H16N4. The number of aromatic nitrogens is 2. The summed E-state index contributed by atoms with van der Waals surface area (Å²) in [6.07, 6.45) is 1.86. The van der Waals surface area contributed by atoms with Gasteiger partial charge in [-0.05, 0) is 29.8 Å². The molecule has 0 aliphatic heterocycles. The van der Waals surface area contributed by atoms with E-state index in [1.807, 2.05) is 42.6 Å². The summed E-state index contributed by atoms with van der Waals surface area (Å²) in [6.45, 7) is 0.754. The highest BCUT2D eigenvalue weighted by atomic mass is 15.0. The zero-order valence-corrected chi connectivity index (χ0v) is 12.0. The summed E-state index contributed by atoms with van der Waals surface area (Å²) in [6, 6.07) is 18.2. The molecule has 0 saturated carbocycles. The van der Waals surface area contributed by atoms with Crippen LogP contribution in [0.2, 0.25) is 0 Å². The Hall–Kier alpha value is -3.01. The fraction of sp³-hybridized carbons (Fsp3) is 0.0556. The maximum absolute atomic E-state index is 5.90. The standard InChI is InChI=1S/C18H16N4/c19-13-6-7-16-14(8-13)15-9-18(21-11-17(15)22-16)20-10-12-4-2-1-3-5-12/h1-9,11,22H,10,19H2,(H,20,21). The van der Waals surface area contributed by atoms with Crippen LogP contribution >= 0.6 is 0 Å². The average molecular weight is 288 g/mol. The Morgan fingerprint density at radius 3 is 2.64 bits per heavy atom. The third-order valence-electron chi connectivity index (χ3n) is 3.82. The normalized spacial score (nSPS) is 11.1. The lowest BCUT2D eigenvalue weighted by atomic mass is 10.1. The van der Waals surface area contributed by atoms with Crippen LogP contribution in [0.1, 0.15) is 5.56 Å². The maximum atomic E-state index is 5.90. The first-order valence-corrected chi connectivity index (χ1v) is 7.24. The Kier molecular flexibility index (Phi) is 2.93. The molecule has 4 rings (SSSR count). The van der Waals surface area contributed by atoms with E-state index in [0.29, 0.717) is 0 Å². The molecule has 0 unspecified atom stereocenters. The van der Waals surface area contributed by atoms with Crippen LogP contribution in [-0.4, -0.2) is 9.97 Å². The van der Waals surface area contributed by atoms with Crippen LogP contribution in [0.3, 0.4) is 0 Å². The lowest BCUT2D eigenvalue weighted by molar-refractivity contribution is 1.12. The number of nitrogens with two attached hydrogens (primary N) is 1. The Morgan fingerprint density at radius 1 is 0.955 bits per heavy atom. The van der Waals surface area contributed by atoms with Crippen molar-refractivity contribution in [2.45, 2.75) is 6.54 Å². The molecule has 0 bridgehead atoms. The predicted molar refractivity (Wildman–Crippen MR) is 91.8 cm³/mol. The van der Waals surface area contributed by atoms with Gasteiger partial charge in [-0.15, -0.1) is 0 Å². The smallest absolute Gasteiger partial charge is 0.126 e. The third kappa shape index (κ3) is 2.24. The van der Waals surface area contributed by atoms with Gasteiger partial charge in [0.2, 0.25) is 0 Å². The van der Waals surface area contributed by atoms with Crippen LogP contribution in [0.25, 0.3) is 21.8 Å². The summed E-state index contributed by atoms with van der Waals surface area (Å²) < 4.78 is 0. The minimum atomic E-state index is 0.754. The quantitative estimate of drug-likeness (QED) is 0.501. The second-order valence-corrected chi connectivity index (χ2v) is 5.38. The number of aromatic amines is 1. The van der Waals surface area contributed by atoms with Crippen molar-refractivity contribution in [2.75, 3.05) is 11.1 Å². The minimum Gasteiger partial charge on any atom is -0.399 e. The Bertz CT molecular complexity index is 941. The van der Waals surface area contributed by atoms with Gasteiger partial charge in [0.1, 0.15) is 5.82 Å². The van der Waals surface area contributed by atoms with Crippen molar-refractivity contribution in [3.63, 3.8) is 0 Å². The number of nitrogens with zero attached hydrogens (tertiary/aromatic N) is 1. The van der Waals surface area contributed by atoms with Gasteiger partial charge in [-0.1, -0.05) is 30.3 Å². The lowest BCUT2D eigenvalue weighted by Crippen LogP contribution is -2.00. The van der Waals surface area contributed by atoms with Crippen LogP contribution in [-0.2, 0) is 6.54 Å². The summed E-state index contributed by atoms with van der Waals surface area (Å²) in [4.78, 5) is 7.83. The molecule has 4 heteroatoms. The Labute approximate surface area is 128 Å². The van der Waals surface area contributed by atoms with Crippen molar-refractivity contribution in [2.24, 2.45) is 0 Å². The van der Waals surface area contributed by atoms with Crippen LogP contribution in [0.15, 0.2) is 60.8 Å². The fourth-order valence-corrected chi connectivity index (χ4v) is 2.70.